The van der Waals surface area contributed by atoms with Crippen molar-refractivity contribution in [3.05, 3.63) is 35.4 Å². The molecule has 0 bridgehead atoms. The van der Waals surface area contributed by atoms with Crippen LogP contribution in [-0.4, -0.2) is 47.4 Å². The lowest BCUT2D eigenvalue weighted by Crippen LogP contribution is -2.44. The lowest BCUT2D eigenvalue weighted by atomic mass is 10.0. The van der Waals surface area contributed by atoms with Gasteiger partial charge in [-0.05, 0) is 31.9 Å². The van der Waals surface area contributed by atoms with E-state index in [-0.39, 0.29) is 30.1 Å². The number of imide groups is 1. The molecule has 1 heterocycles. The molecule has 2 N–H and O–H groups in total. The quantitative estimate of drug-likeness (QED) is 0.561. The van der Waals surface area contributed by atoms with Crippen LogP contribution in [-0.2, 0) is 20.9 Å². The van der Waals surface area contributed by atoms with E-state index < -0.39 is 24.5 Å². The van der Waals surface area contributed by atoms with E-state index in [0.717, 1.165) is 11.3 Å². The first-order chi connectivity index (χ1) is 12.2. The molecule has 0 unspecified atom stereocenters. The Bertz CT molecular complexity index is 713. The van der Waals surface area contributed by atoms with Crippen molar-refractivity contribution < 1.29 is 23.9 Å². The number of benzene rings is 1. The summed E-state index contributed by atoms with van der Waals surface area (Å²) >= 11 is 0. The summed E-state index contributed by atoms with van der Waals surface area (Å²) in [5.74, 6) is -1.44. The summed E-state index contributed by atoms with van der Waals surface area (Å²) in [7, 11) is 0. The highest BCUT2D eigenvalue weighted by molar-refractivity contribution is 6.02. The molecule has 1 aromatic rings. The fraction of sp³-hybridized carbons (Fsp3) is 0.444. The van der Waals surface area contributed by atoms with Crippen LogP contribution in [0.15, 0.2) is 24.3 Å². The Hall–Kier alpha value is -2.90. The molecule has 0 aromatic heterocycles. The van der Waals surface area contributed by atoms with Gasteiger partial charge in [0.15, 0.2) is 6.61 Å². The van der Waals surface area contributed by atoms with E-state index in [1.807, 2.05) is 20.8 Å². The van der Waals surface area contributed by atoms with Crippen LogP contribution in [0.3, 0.4) is 0 Å². The minimum atomic E-state index is -0.683. The Kier molecular flexibility index (Phi) is 5.97. The molecule has 1 aromatic carbocycles. The monoisotopic (exact) mass is 361 g/mol. The van der Waals surface area contributed by atoms with Gasteiger partial charge in [-0.1, -0.05) is 25.1 Å². The number of nitrogens with zero attached hydrogens (tertiary/aromatic N) is 1. The van der Waals surface area contributed by atoms with E-state index in [9.17, 15) is 19.2 Å². The fourth-order valence-electron chi connectivity index (χ4n) is 2.35. The van der Waals surface area contributed by atoms with E-state index in [2.05, 4.69) is 10.6 Å². The number of esters is 1. The third-order valence-corrected chi connectivity index (χ3v) is 4.20. The predicted octanol–water partition coefficient (Wildman–Crippen LogP) is 1.20. The van der Waals surface area contributed by atoms with Crippen LogP contribution in [0.2, 0.25) is 0 Å². The van der Waals surface area contributed by atoms with Crippen LogP contribution >= 0.6 is 0 Å². The van der Waals surface area contributed by atoms with E-state index in [1.54, 1.807) is 18.2 Å². The molecule has 4 amide bonds. The first-order valence-electron chi connectivity index (χ1n) is 8.37. The highest BCUT2D eigenvalue weighted by Gasteiger charge is 2.29. The number of carbonyl (C=O) groups excluding carboxylic acids is 4. The molecule has 1 aliphatic rings. The lowest BCUT2D eigenvalue weighted by Gasteiger charge is -2.24. The molecule has 0 radical (unpaired) electrons. The SMILES string of the molecule is CCC(C)(C)NC(=O)COC(=O)c1ccccc1CN1C(=O)CNC1=O. The number of amides is 4. The largest absolute Gasteiger partial charge is 0.452 e. The Labute approximate surface area is 151 Å². The zero-order valence-electron chi connectivity index (χ0n) is 15.1. The number of rotatable bonds is 7. The topological polar surface area (TPSA) is 105 Å². The Balaban J connectivity index is 2.02. The van der Waals surface area contributed by atoms with Gasteiger partial charge in [0.25, 0.3) is 5.91 Å². The average Bonchev–Trinajstić information content (AvgIpc) is 2.92. The van der Waals surface area contributed by atoms with E-state index in [1.165, 1.54) is 6.07 Å². The van der Waals surface area contributed by atoms with Crippen molar-refractivity contribution >= 4 is 23.8 Å². The second-order valence-electron chi connectivity index (χ2n) is 6.66. The molecular weight excluding hydrogens is 338 g/mol. The second-order valence-corrected chi connectivity index (χ2v) is 6.66. The van der Waals surface area contributed by atoms with Gasteiger partial charge in [-0.3, -0.25) is 14.5 Å². The van der Waals surface area contributed by atoms with Crippen LogP contribution in [0.25, 0.3) is 0 Å². The number of hydrogen-bond donors (Lipinski definition) is 2. The van der Waals surface area contributed by atoms with Crippen molar-refractivity contribution in [3.8, 4) is 0 Å². The van der Waals surface area contributed by atoms with E-state index in [4.69, 9.17) is 4.74 Å². The van der Waals surface area contributed by atoms with Crippen LogP contribution in [0.4, 0.5) is 4.79 Å². The fourth-order valence-corrected chi connectivity index (χ4v) is 2.35. The molecule has 0 saturated carbocycles. The van der Waals surface area contributed by atoms with Gasteiger partial charge in [0.1, 0.15) is 0 Å². The normalized spacial score (nSPS) is 14.2. The molecule has 1 saturated heterocycles. The Morgan fingerprint density at radius 3 is 2.58 bits per heavy atom. The number of ether oxygens (including phenoxy) is 1. The molecule has 2 rings (SSSR count). The van der Waals surface area contributed by atoms with E-state index in [0.29, 0.717) is 5.56 Å². The van der Waals surface area contributed by atoms with Crippen molar-refractivity contribution in [1.82, 2.24) is 15.5 Å². The molecule has 8 heteroatoms. The van der Waals surface area contributed by atoms with Gasteiger partial charge in [-0.2, -0.15) is 0 Å². The van der Waals surface area contributed by atoms with Crippen molar-refractivity contribution in [2.45, 2.75) is 39.3 Å². The van der Waals surface area contributed by atoms with Crippen LogP contribution < -0.4 is 10.6 Å². The highest BCUT2D eigenvalue weighted by atomic mass is 16.5. The third-order valence-electron chi connectivity index (χ3n) is 4.20. The van der Waals surface area contributed by atoms with Crippen molar-refractivity contribution in [2.24, 2.45) is 0 Å². The lowest BCUT2D eigenvalue weighted by molar-refractivity contribution is -0.126. The van der Waals surface area contributed by atoms with Crippen LogP contribution in [0.1, 0.15) is 43.1 Å². The summed E-state index contributed by atoms with van der Waals surface area (Å²) in [6.07, 6.45) is 0.738. The van der Waals surface area contributed by atoms with Gasteiger partial charge in [0.05, 0.1) is 18.7 Å². The first-order valence-corrected chi connectivity index (χ1v) is 8.37. The van der Waals surface area contributed by atoms with Crippen molar-refractivity contribution in [3.63, 3.8) is 0 Å². The number of nitrogens with one attached hydrogen (secondary N) is 2. The molecule has 1 fully saturated rings. The van der Waals surface area contributed by atoms with Crippen molar-refractivity contribution in [1.29, 1.82) is 0 Å². The molecule has 8 nitrogen and oxygen atoms in total. The molecule has 0 spiro atoms. The third kappa shape index (κ3) is 4.81. The van der Waals surface area contributed by atoms with Crippen LogP contribution in [0.5, 0.6) is 0 Å². The van der Waals surface area contributed by atoms with Crippen LogP contribution in [0, 0.1) is 0 Å². The van der Waals surface area contributed by atoms with Gasteiger partial charge in [-0.25, -0.2) is 9.59 Å². The summed E-state index contributed by atoms with van der Waals surface area (Å²) in [6.45, 7) is 5.20. The van der Waals surface area contributed by atoms with E-state index >= 15 is 0 Å². The number of hydrogen-bond acceptors (Lipinski definition) is 5. The minimum absolute atomic E-state index is 0.0367. The maximum absolute atomic E-state index is 12.3. The van der Waals surface area contributed by atoms with Crippen molar-refractivity contribution in [2.75, 3.05) is 13.2 Å². The second kappa shape index (κ2) is 7.99. The Morgan fingerprint density at radius 2 is 1.96 bits per heavy atom. The zero-order valence-corrected chi connectivity index (χ0v) is 15.1. The smallest absolute Gasteiger partial charge is 0.338 e. The van der Waals surface area contributed by atoms with Gasteiger partial charge in [-0.15, -0.1) is 0 Å². The standard InChI is InChI=1S/C18H23N3O5/c1-4-18(2,3)20-14(22)11-26-16(24)13-8-6-5-7-12(13)10-21-15(23)9-19-17(21)25/h5-8H,4,9-11H2,1-3H3,(H,19,25)(H,20,22). The Morgan fingerprint density at radius 1 is 1.27 bits per heavy atom. The summed E-state index contributed by atoms with van der Waals surface area (Å²) in [4.78, 5) is 48.7. The zero-order chi connectivity index (χ0) is 19.3. The molecule has 1 aliphatic heterocycles. The average molecular weight is 361 g/mol. The maximum atomic E-state index is 12.3. The molecular formula is C18H23N3O5. The minimum Gasteiger partial charge on any atom is -0.452 e. The molecule has 0 atom stereocenters. The number of urea groups is 1. The summed E-state index contributed by atoms with van der Waals surface area (Å²) in [6, 6.07) is 6.01. The molecule has 26 heavy (non-hydrogen) atoms. The van der Waals surface area contributed by atoms with Gasteiger partial charge in [0, 0.05) is 5.54 Å². The summed E-state index contributed by atoms with van der Waals surface area (Å²) < 4.78 is 5.08. The van der Waals surface area contributed by atoms with Gasteiger partial charge >= 0.3 is 12.0 Å². The molecule has 0 aliphatic carbocycles. The predicted molar refractivity (Wildman–Crippen MR) is 93.2 cm³/mol. The summed E-state index contributed by atoms with van der Waals surface area (Å²) in [5, 5.41) is 5.20. The van der Waals surface area contributed by atoms with Gasteiger partial charge < -0.3 is 15.4 Å². The first kappa shape index (κ1) is 19.4. The van der Waals surface area contributed by atoms with Gasteiger partial charge in [0.2, 0.25) is 5.91 Å². The summed E-state index contributed by atoms with van der Waals surface area (Å²) in [5.41, 5.74) is 0.296. The number of carbonyl (C=O) groups is 4. The highest BCUT2D eigenvalue weighted by Crippen LogP contribution is 2.15. The maximum Gasteiger partial charge on any atom is 0.338 e. The molecule has 140 valence electrons.